The van der Waals surface area contributed by atoms with Crippen molar-refractivity contribution >= 4 is 11.8 Å². The average molecular weight is 354 g/mol. The maximum Gasteiger partial charge on any atom is 0.349 e. The van der Waals surface area contributed by atoms with E-state index in [0.29, 0.717) is 37.3 Å². The molecule has 1 aliphatic heterocycles. The maximum absolute atomic E-state index is 12.7. The lowest BCUT2D eigenvalue weighted by molar-refractivity contribution is -0.121. The summed E-state index contributed by atoms with van der Waals surface area (Å²) in [6.45, 7) is 2.67. The molecule has 1 N–H and O–H groups in total. The average Bonchev–Trinajstić information content (AvgIpc) is 2.85. The van der Waals surface area contributed by atoms with Crippen molar-refractivity contribution < 1.29 is 14.0 Å². The molecule has 0 unspecified atom stereocenters. The van der Waals surface area contributed by atoms with E-state index in [2.05, 4.69) is 5.32 Å². The molecule has 0 aliphatic carbocycles. The van der Waals surface area contributed by atoms with E-state index < -0.39 is 11.5 Å². The predicted octanol–water partition coefficient (Wildman–Crippen LogP) is 1.70. The molecule has 1 aromatic heterocycles. The first-order valence-electron chi connectivity index (χ1n) is 8.78. The summed E-state index contributed by atoms with van der Waals surface area (Å²) in [6, 6.07) is 11.7. The predicted molar refractivity (Wildman–Crippen MR) is 97.1 cm³/mol. The van der Waals surface area contributed by atoms with Crippen LogP contribution in [0.3, 0.4) is 0 Å². The van der Waals surface area contributed by atoms with Crippen LogP contribution in [0, 0.1) is 6.92 Å². The Morgan fingerprint density at radius 2 is 1.96 bits per heavy atom. The highest BCUT2D eigenvalue weighted by Crippen LogP contribution is 2.13. The van der Waals surface area contributed by atoms with Gasteiger partial charge in [-0.2, -0.15) is 0 Å². The minimum atomic E-state index is -0.636. The summed E-state index contributed by atoms with van der Waals surface area (Å²) in [5.74, 6) is -0.0956. The number of nitrogens with zero attached hydrogens (tertiary/aromatic N) is 1. The van der Waals surface area contributed by atoms with Crippen LogP contribution in [0.5, 0.6) is 0 Å². The second kappa shape index (κ2) is 7.99. The molecular weight excluding hydrogens is 332 g/mol. The van der Waals surface area contributed by atoms with Crippen LogP contribution in [0.4, 0.5) is 0 Å². The summed E-state index contributed by atoms with van der Waals surface area (Å²) in [5.41, 5.74) is 1.12. The van der Waals surface area contributed by atoms with Gasteiger partial charge in [0.15, 0.2) is 0 Å². The fourth-order valence-corrected chi connectivity index (χ4v) is 3.10. The van der Waals surface area contributed by atoms with Gasteiger partial charge in [0, 0.05) is 19.5 Å². The smallest absolute Gasteiger partial charge is 0.349 e. The van der Waals surface area contributed by atoms with Gasteiger partial charge in [0.05, 0.1) is 6.54 Å². The monoisotopic (exact) mass is 354 g/mol. The molecule has 2 heterocycles. The first-order chi connectivity index (χ1) is 12.5. The largest absolute Gasteiger partial charge is 0.427 e. The van der Waals surface area contributed by atoms with E-state index >= 15 is 0 Å². The van der Waals surface area contributed by atoms with Crippen molar-refractivity contribution in [2.24, 2.45) is 0 Å². The molecule has 1 aromatic carbocycles. The number of hydrogen-bond acceptors (Lipinski definition) is 4. The Labute approximate surface area is 151 Å². The SMILES string of the molecule is Cc1cc(CCc2ccccc2)oc(=O)c1C(=O)N1CCCNC(=O)C1. The molecule has 0 radical (unpaired) electrons. The summed E-state index contributed by atoms with van der Waals surface area (Å²) in [6.07, 6.45) is 2.00. The van der Waals surface area contributed by atoms with Gasteiger partial charge in [-0.1, -0.05) is 30.3 Å². The Kier molecular flexibility index (Phi) is 5.51. The second-order valence-electron chi connectivity index (χ2n) is 6.47. The first-order valence-corrected chi connectivity index (χ1v) is 8.78. The Morgan fingerprint density at radius 1 is 1.19 bits per heavy atom. The summed E-state index contributed by atoms with van der Waals surface area (Å²) >= 11 is 0. The quantitative estimate of drug-likeness (QED) is 0.906. The Bertz CT molecular complexity index is 858. The van der Waals surface area contributed by atoms with E-state index in [0.717, 1.165) is 12.0 Å². The molecule has 2 amide bonds. The van der Waals surface area contributed by atoms with Gasteiger partial charge >= 0.3 is 5.63 Å². The number of nitrogens with one attached hydrogen (secondary N) is 1. The van der Waals surface area contributed by atoms with Crippen molar-refractivity contribution in [3.05, 3.63) is 69.3 Å². The third kappa shape index (κ3) is 4.20. The lowest BCUT2D eigenvalue weighted by atomic mass is 10.1. The van der Waals surface area contributed by atoms with Gasteiger partial charge in [0.1, 0.15) is 11.3 Å². The van der Waals surface area contributed by atoms with E-state index in [-0.39, 0.29) is 18.0 Å². The number of hydrogen-bond donors (Lipinski definition) is 1. The maximum atomic E-state index is 12.7. The molecule has 1 aliphatic rings. The fraction of sp³-hybridized carbons (Fsp3) is 0.350. The second-order valence-corrected chi connectivity index (χ2v) is 6.47. The zero-order chi connectivity index (χ0) is 18.5. The molecular formula is C20H22N2O4. The van der Waals surface area contributed by atoms with E-state index in [1.165, 1.54) is 4.90 Å². The van der Waals surface area contributed by atoms with Crippen molar-refractivity contribution in [2.75, 3.05) is 19.6 Å². The number of amides is 2. The van der Waals surface area contributed by atoms with Crippen molar-refractivity contribution in [1.82, 2.24) is 10.2 Å². The molecule has 1 fully saturated rings. The van der Waals surface area contributed by atoms with E-state index in [4.69, 9.17) is 4.42 Å². The van der Waals surface area contributed by atoms with Gasteiger partial charge in [0.2, 0.25) is 5.91 Å². The fourth-order valence-electron chi connectivity index (χ4n) is 3.10. The summed E-state index contributed by atoms with van der Waals surface area (Å²) in [5, 5.41) is 2.72. The van der Waals surface area contributed by atoms with Crippen LogP contribution in [-0.2, 0) is 17.6 Å². The molecule has 0 spiro atoms. The Hall–Kier alpha value is -2.89. The van der Waals surface area contributed by atoms with Crippen LogP contribution in [-0.4, -0.2) is 36.3 Å². The molecule has 0 saturated carbocycles. The van der Waals surface area contributed by atoms with Gasteiger partial charge in [-0.05, 0) is 37.0 Å². The van der Waals surface area contributed by atoms with Gasteiger partial charge in [0.25, 0.3) is 5.91 Å². The van der Waals surface area contributed by atoms with Crippen LogP contribution in [0.1, 0.15) is 33.7 Å². The number of carbonyl (C=O) groups is 2. The zero-order valence-corrected chi connectivity index (χ0v) is 14.8. The topological polar surface area (TPSA) is 79.6 Å². The van der Waals surface area contributed by atoms with E-state index in [1.54, 1.807) is 13.0 Å². The van der Waals surface area contributed by atoms with Crippen molar-refractivity contribution in [3.63, 3.8) is 0 Å². The van der Waals surface area contributed by atoms with E-state index in [9.17, 15) is 14.4 Å². The molecule has 3 rings (SSSR count). The van der Waals surface area contributed by atoms with Gasteiger partial charge in [-0.3, -0.25) is 9.59 Å². The van der Waals surface area contributed by atoms with Crippen LogP contribution in [0.15, 0.2) is 45.6 Å². The molecule has 0 bridgehead atoms. The van der Waals surface area contributed by atoms with Crippen molar-refractivity contribution in [1.29, 1.82) is 0 Å². The highest BCUT2D eigenvalue weighted by Gasteiger charge is 2.25. The number of aryl methyl sites for hydroxylation is 3. The third-order valence-corrected chi connectivity index (χ3v) is 4.47. The standard InChI is InChI=1S/C20H22N2O4/c1-14-12-16(9-8-15-6-3-2-4-7-15)26-20(25)18(14)19(24)22-11-5-10-21-17(23)13-22/h2-4,6-7,12H,5,8-11,13H2,1H3,(H,21,23). The molecule has 6 nitrogen and oxygen atoms in total. The number of carbonyl (C=O) groups excluding carboxylic acids is 2. The van der Waals surface area contributed by atoms with E-state index in [1.807, 2.05) is 30.3 Å². The molecule has 2 aromatic rings. The van der Waals surface area contributed by atoms with Gasteiger partial charge in [-0.15, -0.1) is 0 Å². The minimum Gasteiger partial charge on any atom is -0.427 e. The lowest BCUT2D eigenvalue weighted by Gasteiger charge is -2.19. The Morgan fingerprint density at radius 3 is 2.69 bits per heavy atom. The summed E-state index contributed by atoms with van der Waals surface area (Å²) in [4.78, 5) is 38.2. The molecule has 136 valence electrons. The van der Waals surface area contributed by atoms with Crippen LogP contribution >= 0.6 is 0 Å². The lowest BCUT2D eigenvalue weighted by Crippen LogP contribution is -2.39. The van der Waals surface area contributed by atoms with Crippen LogP contribution < -0.4 is 10.9 Å². The van der Waals surface area contributed by atoms with Crippen molar-refractivity contribution in [3.8, 4) is 0 Å². The van der Waals surface area contributed by atoms with Crippen LogP contribution in [0.2, 0.25) is 0 Å². The Balaban J connectivity index is 1.77. The molecule has 0 atom stereocenters. The molecule has 6 heteroatoms. The minimum absolute atomic E-state index is 0.0168. The number of rotatable bonds is 4. The highest BCUT2D eigenvalue weighted by molar-refractivity contribution is 5.97. The summed E-state index contributed by atoms with van der Waals surface area (Å²) in [7, 11) is 0. The van der Waals surface area contributed by atoms with Crippen molar-refractivity contribution in [2.45, 2.75) is 26.2 Å². The number of benzene rings is 1. The summed E-state index contributed by atoms with van der Waals surface area (Å²) < 4.78 is 5.38. The van der Waals surface area contributed by atoms with Gasteiger partial charge in [-0.25, -0.2) is 4.79 Å². The molecule has 26 heavy (non-hydrogen) atoms. The highest BCUT2D eigenvalue weighted by atomic mass is 16.4. The van der Waals surface area contributed by atoms with Gasteiger partial charge < -0.3 is 14.6 Å². The normalized spacial score (nSPS) is 14.7. The molecule has 1 saturated heterocycles. The zero-order valence-electron chi connectivity index (χ0n) is 14.8. The van der Waals surface area contributed by atoms with Crippen LogP contribution in [0.25, 0.3) is 0 Å². The first kappa shape index (κ1) is 17.9. The third-order valence-electron chi connectivity index (χ3n) is 4.47.